The van der Waals surface area contributed by atoms with Gasteiger partial charge in [0.1, 0.15) is 5.01 Å². The van der Waals surface area contributed by atoms with E-state index in [0.29, 0.717) is 11.5 Å². The topological polar surface area (TPSA) is 53.4 Å². The molecule has 0 aliphatic carbocycles. The third-order valence-electron chi connectivity index (χ3n) is 5.36. The zero-order chi connectivity index (χ0) is 21.1. The number of hydrogen-bond acceptors (Lipinski definition) is 4. The number of thiazole rings is 1. The minimum Gasteiger partial charge on any atom is -0.478 e. The molecule has 1 atom stereocenters. The lowest BCUT2D eigenvalue weighted by Crippen LogP contribution is -2.34. The first-order valence-electron chi connectivity index (χ1n) is 9.99. The maximum atomic E-state index is 11.3. The van der Waals surface area contributed by atoms with Crippen LogP contribution in [0.15, 0.2) is 54.6 Å². The normalized spacial score (nSPS) is 16.9. The number of carboxylic acids is 1. The molecule has 2 aromatic carbocycles. The fourth-order valence-corrected chi connectivity index (χ4v) is 4.85. The van der Waals surface area contributed by atoms with Crippen LogP contribution >= 0.6 is 22.9 Å². The highest BCUT2D eigenvalue weighted by atomic mass is 35.5. The van der Waals surface area contributed by atoms with Gasteiger partial charge >= 0.3 is 5.97 Å². The second-order valence-corrected chi connectivity index (χ2v) is 9.01. The molecule has 6 heteroatoms. The van der Waals surface area contributed by atoms with Crippen LogP contribution in [0.2, 0.25) is 5.02 Å². The lowest BCUT2D eigenvalue weighted by Gasteiger charge is -2.33. The van der Waals surface area contributed by atoms with Gasteiger partial charge in [-0.05, 0) is 62.1 Å². The van der Waals surface area contributed by atoms with Crippen molar-refractivity contribution < 1.29 is 9.90 Å². The SMILES string of the molecule is Cc1nc(-c2ccc(Cl)cc2)sc1C=CC1CCCN(c2cccc(C(=O)O)c2)C1. The number of carbonyl (C=O) groups is 1. The average molecular weight is 439 g/mol. The first-order chi connectivity index (χ1) is 14.5. The number of rotatable bonds is 5. The van der Waals surface area contributed by atoms with Gasteiger partial charge in [-0.3, -0.25) is 0 Å². The third-order valence-corrected chi connectivity index (χ3v) is 6.78. The molecule has 1 aliphatic rings. The number of aryl methyl sites for hydroxylation is 1. The number of aromatic nitrogens is 1. The molecular weight excluding hydrogens is 416 g/mol. The highest BCUT2D eigenvalue weighted by molar-refractivity contribution is 7.16. The quantitative estimate of drug-likeness (QED) is 0.500. The van der Waals surface area contributed by atoms with Crippen LogP contribution in [-0.4, -0.2) is 29.1 Å². The molecular formula is C24H23ClN2O2S. The molecule has 1 unspecified atom stereocenters. The van der Waals surface area contributed by atoms with Crippen LogP contribution in [0.3, 0.4) is 0 Å². The van der Waals surface area contributed by atoms with E-state index in [1.54, 1.807) is 23.5 Å². The minimum atomic E-state index is -0.887. The molecule has 1 N–H and O–H groups in total. The van der Waals surface area contributed by atoms with Gasteiger partial charge in [-0.2, -0.15) is 0 Å². The van der Waals surface area contributed by atoms with Crippen LogP contribution in [0.25, 0.3) is 16.6 Å². The van der Waals surface area contributed by atoms with Crippen molar-refractivity contribution in [1.82, 2.24) is 4.98 Å². The third kappa shape index (κ3) is 4.74. The molecule has 1 fully saturated rings. The molecule has 4 nitrogen and oxygen atoms in total. The van der Waals surface area contributed by atoms with E-state index in [1.807, 2.05) is 43.3 Å². The number of benzene rings is 2. The van der Waals surface area contributed by atoms with Gasteiger partial charge in [-0.1, -0.05) is 35.9 Å². The Hall–Kier alpha value is -2.63. The molecule has 1 saturated heterocycles. The molecule has 3 aromatic rings. The van der Waals surface area contributed by atoms with Gasteiger partial charge in [-0.15, -0.1) is 11.3 Å². The van der Waals surface area contributed by atoms with Crippen LogP contribution in [0.5, 0.6) is 0 Å². The van der Waals surface area contributed by atoms with Gasteiger partial charge < -0.3 is 10.0 Å². The van der Waals surface area contributed by atoms with E-state index in [2.05, 4.69) is 17.1 Å². The predicted octanol–water partition coefficient (Wildman–Crippen LogP) is 6.40. The van der Waals surface area contributed by atoms with Gasteiger partial charge in [0.15, 0.2) is 0 Å². The Kier molecular flexibility index (Phi) is 6.21. The Bertz CT molecular complexity index is 1080. The lowest BCUT2D eigenvalue weighted by molar-refractivity contribution is 0.0697. The van der Waals surface area contributed by atoms with Crippen molar-refractivity contribution >= 4 is 40.7 Å². The van der Waals surface area contributed by atoms with Gasteiger partial charge in [0.05, 0.1) is 16.1 Å². The summed E-state index contributed by atoms with van der Waals surface area (Å²) in [6.07, 6.45) is 6.69. The van der Waals surface area contributed by atoms with E-state index in [0.717, 1.165) is 52.9 Å². The summed E-state index contributed by atoms with van der Waals surface area (Å²) >= 11 is 7.68. The smallest absolute Gasteiger partial charge is 0.335 e. The Morgan fingerprint density at radius 2 is 2.07 bits per heavy atom. The lowest BCUT2D eigenvalue weighted by atomic mass is 9.96. The standard InChI is InChI=1S/C24H23ClN2O2S/c1-16-22(30-23(26-16)18-8-10-20(25)11-9-18)12-7-17-4-3-13-27(15-17)21-6-2-5-19(14-21)24(28)29/h2,5-12,14,17H,3-4,13,15H2,1H3,(H,28,29). The van der Waals surface area contributed by atoms with Crippen LogP contribution < -0.4 is 4.90 Å². The highest BCUT2D eigenvalue weighted by Gasteiger charge is 2.19. The van der Waals surface area contributed by atoms with Crippen LogP contribution in [0.1, 0.15) is 33.8 Å². The summed E-state index contributed by atoms with van der Waals surface area (Å²) in [4.78, 5) is 19.4. The molecule has 30 heavy (non-hydrogen) atoms. The Balaban J connectivity index is 1.47. The fourth-order valence-electron chi connectivity index (χ4n) is 3.74. The van der Waals surface area contributed by atoms with Crippen LogP contribution in [-0.2, 0) is 0 Å². The molecule has 0 amide bonds. The number of nitrogens with zero attached hydrogens (tertiary/aromatic N) is 2. The second-order valence-electron chi connectivity index (χ2n) is 7.54. The summed E-state index contributed by atoms with van der Waals surface area (Å²) in [6.45, 7) is 3.88. The Labute approximate surface area is 185 Å². The van der Waals surface area contributed by atoms with E-state index in [1.165, 1.54) is 4.88 Å². The molecule has 0 spiro atoms. The largest absolute Gasteiger partial charge is 0.478 e. The van der Waals surface area contributed by atoms with Crippen LogP contribution in [0.4, 0.5) is 5.69 Å². The van der Waals surface area contributed by atoms with Crippen molar-refractivity contribution in [3.63, 3.8) is 0 Å². The van der Waals surface area contributed by atoms with E-state index in [9.17, 15) is 9.90 Å². The van der Waals surface area contributed by atoms with Gasteiger partial charge in [0, 0.05) is 29.4 Å². The molecule has 0 bridgehead atoms. The van der Waals surface area contributed by atoms with Crippen molar-refractivity contribution in [1.29, 1.82) is 0 Å². The second kappa shape index (κ2) is 9.02. The first kappa shape index (κ1) is 20.6. The molecule has 154 valence electrons. The van der Waals surface area contributed by atoms with Gasteiger partial charge in [-0.25, -0.2) is 9.78 Å². The molecule has 4 rings (SSSR count). The molecule has 0 saturated carbocycles. The van der Waals surface area contributed by atoms with Crippen molar-refractivity contribution in [2.24, 2.45) is 5.92 Å². The fraction of sp³-hybridized carbons (Fsp3) is 0.250. The summed E-state index contributed by atoms with van der Waals surface area (Å²) in [5.41, 5.74) is 3.42. The number of carboxylic acid groups (broad SMARTS) is 1. The Morgan fingerprint density at radius 1 is 1.27 bits per heavy atom. The zero-order valence-corrected chi connectivity index (χ0v) is 18.3. The predicted molar refractivity (Wildman–Crippen MR) is 125 cm³/mol. The number of aromatic carboxylic acids is 1. The number of anilines is 1. The summed E-state index contributed by atoms with van der Waals surface area (Å²) in [5.74, 6) is -0.463. The van der Waals surface area contributed by atoms with E-state index in [4.69, 9.17) is 16.6 Å². The van der Waals surface area contributed by atoms with Gasteiger partial charge in [0.2, 0.25) is 0 Å². The maximum absolute atomic E-state index is 11.3. The van der Waals surface area contributed by atoms with E-state index >= 15 is 0 Å². The van der Waals surface area contributed by atoms with Crippen molar-refractivity contribution in [3.8, 4) is 10.6 Å². The van der Waals surface area contributed by atoms with E-state index < -0.39 is 5.97 Å². The highest BCUT2D eigenvalue weighted by Crippen LogP contribution is 2.31. The molecule has 1 aromatic heterocycles. The minimum absolute atomic E-state index is 0.333. The monoisotopic (exact) mass is 438 g/mol. The van der Waals surface area contributed by atoms with Gasteiger partial charge in [0.25, 0.3) is 0 Å². The van der Waals surface area contributed by atoms with Crippen molar-refractivity contribution in [2.45, 2.75) is 19.8 Å². The first-order valence-corrected chi connectivity index (χ1v) is 11.2. The zero-order valence-electron chi connectivity index (χ0n) is 16.7. The molecule has 0 radical (unpaired) electrons. The summed E-state index contributed by atoms with van der Waals surface area (Å²) in [5, 5.41) is 11.0. The Morgan fingerprint density at radius 3 is 2.83 bits per heavy atom. The molecule has 1 aliphatic heterocycles. The summed E-state index contributed by atoms with van der Waals surface area (Å²) in [7, 11) is 0. The van der Waals surface area contributed by atoms with E-state index in [-0.39, 0.29) is 0 Å². The summed E-state index contributed by atoms with van der Waals surface area (Å²) in [6, 6.07) is 15.0. The summed E-state index contributed by atoms with van der Waals surface area (Å²) < 4.78 is 0. The average Bonchev–Trinajstić information content (AvgIpc) is 3.13. The maximum Gasteiger partial charge on any atom is 0.335 e. The number of hydrogen-bond donors (Lipinski definition) is 1. The van der Waals surface area contributed by atoms with Crippen LogP contribution in [0, 0.1) is 12.8 Å². The van der Waals surface area contributed by atoms with Crippen molar-refractivity contribution in [3.05, 3.63) is 75.8 Å². The number of halogens is 1. The molecule has 2 heterocycles. The van der Waals surface area contributed by atoms with Crippen molar-refractivity contribution in [2.75, 3.05) is 18.0 Å². The number of piperidine rings is 1.